The molecule has 0 aromatic rings. The van der Waals surface area contributed by atoms with Gasteiger partial charge in [-0.1, -0.05) is 6.92 Å². The van der Waals surface area contributed by atoms with Crippen molar-refractivity contribution in [3.8, 4) is 0 Å². The average Bonchev–Trinajstić information content (AvgIpc) is 3.14. The molecule has 3 heteroatoms. The van der Waals surface area contributed by atoms with Crippen LogP contribution in [0.4, 0.5) is 0 Å². The monoisotopic (exact) mass is 308 g/mol. The molecule has 0 amide bonds. The molecule has 128 valence electrons. The molecule has 4 heterocycles. The van der Waals surface area contributed by atoms with Crippen LogP contribution in [-0.2, 0) is 0 Å². The van der Waals surface area contributed by atoms with Crippen LogP contribution in [0.15, 0.2) is 0 Å². The van der Waals surface area contributed by atoms with E-state index in [4.69, 9.17) is 0 Å². The van der Waals surface area contributed by atoms with Crippen LogP contribution in [0, 0.1) is 5.92 Å². The third-order valence-electron chi connectivity index (χ3n) is 6.65. The topological polar surface area (TPSA) is 26.7 Å². The molecule has 0 aromatic heterocycles. The predicted molar refractivity (Wildman–Crippen MR) is 92.0 cm³/mol. The Morgan fingerprint density at radius 3 is 1.50 bits per heavy atom. The summed E-state index contributed by atoms with van der Waals surface area (Å²) in [5.74, 6) is 0.969. The van der Waals surface area contributed by atoms with Gasteiger partial charge in [0.25, 0.3) is 0 Å². The lowest BCUT2D eigenvalue weighted by atomic mass is 9.91. The fourth-order valence-electron chi connectivity index (χ4n) is 5.94. The number of hydrogen-bond donors (Lipinski definition) is 1. The minimum atomic E-state index is -0.0313. The van der Waals surface area contributed by atoms with Crippen molar-refractivity contribution in [2.45, 2.75) is 115 Å². The van der Waals surface area contributed by atoms with Crippen LogP contribution in [0.3, 0.4) is 0 Å². The first-order valence-electron chi connectivity index (χ1n) is 9.63. The van der Waals surface area contributed by atoms with E-state index in [0.717, 1.165) is 30.5 Å². The van der Waals surface area contributed by atoms with Crippen molar-refractivity contribution < 1.29 is 5.11 Å². The third kappa shape index (κ3) is 2.85. The zero-order chi connectivity index (χ0) is 16.0. The summed E-state index contributed by atoms with van der Waals surface area (Å²) < 4.78 is 0. The molecule has 22 heavy (non-hydrogen) atoms. The van der Waals surface area contributed by atoms with E-state index in [9.17, 15) is 5.11 Å². The molecule has 0 aliphatic carbocycles. The van der Waals surface area contributed by atoms with Gasteiger partial charge in [0.05, 0.1) is 6.10 Å². The molecule has 1 N–H and O–H groups in total. The largest absolute Gasteiger partial charge is 0.391 e. The molecule has 3 nitrogen and oxygen atoms in total. The van der Waals surface area contributed by atoms with E-state index in [-0.39, 0.29) is 6.10 Å². The summed E-state index contributed by atoms with van der Waals surface area (Å²) in [6.07, 6.45) is 7.89. The quantitative estimate of drug-likeness (QED) is 0.848. The highest BCUT2D eigenvalue weighted by atomic mass is 16.3. The van der Waals surface area contributed by atoms with Crippen LogP contribution in [0.25, 0.3) is 0 Å². The number of aliphatic hydroxyl groups excluding tert-OH is 1. The summed E-state index contributed by atoms with van der Waals surface area (Å²) in [6, 6.07) is 4.44. The number of nitrogens with zero attached hydrogens (tertiary/aromatic N) is 2. The third-order valence-corrected chi connectivity index (χ3v) is 6.65. The first-order valence-corrected chi connectivity index (χ1v) is 9.63. The smallest absolute Gasteiger partial charge is 0.0710 e. The summed E-state index contributed by atoms with van der Waals surface area (Å²) in [5, 5.41) is 9.60. The molecule has 6 atom stereocenters. The Balaban J connectivity index is 0.000000131. The maximum Gasteiger partial charge on any atom is 0.0710 e. The molecule has 0 spiro atoms. The molecular weight excluding hydrogens is 272 g/mol. The molecule has 0 saturated carbocycles. The highest BCUT2D eigenvalue weighted by Crippen LogP contribution is 2.42. The molecule has 6 unspecified atom stereocenters. The highest BCUT2D eigenvalue weighted by molar-refractivity contribution is 5.01. The van der Waals surface area contributed by atoms with Crippen molar-refractivity contribution in [3.05, 3.63) is 0 Å². The maximum absolute atomic E-state index is 9.60. The van der Waals surface area contributed by atoms with Gasteiger partial charge >= 0.3 is 0 Å². The van der Waals surface area contributed by atoms with Crippen molar-refractivity contribution in [1.82, 2.24) is 9.80 Å². The summed E-state index contributed by atoms with van der Waals surface area (Å²) in [5.41, 5.74) is 0. The van der Waals surface area contributed by atoms with Gasteiger partial charge < -0.3 is 5.11 Å². The van der Waals surface area contributed by atoms with Gasteiger partial charge in [-0.25, -0.2) is 0 Å². The fourth-order valence-corrected chi connectivity index (χ4v) is 5.94. The molecule has 4 fully saturated rings. The zero-order valence-corrected chi connectivity index (χ0v) is 15.2. The number of fused-ring (bicyclic) bond motifs is 4. The number of rotatable bonds is 2. The van der Waals surface area contributed by atoms with Crippen LogP contribution in [-0.4, -0.2) is 57.3 Å². The Kier molecular flexibility index (Phi) is 4.87. The zero-order valence-electron chi connectivity index (χ0n) is 15.2. The molecule has 4 saturated heterocycles. The van der Waals surface area contributed by atoms with Crippen molar-refractivity contribution >= 4 is 0 Å². The van der Waals surface area contributed by atoms with E-state index < -0.39 is 0 Å². The highest BCUT2D eigenvalue weighted by Gasteiger charge is 2.46. The van der Waals surface area contributed by atoms with Gasteiger partial charge in [0.1, 0.15) is 0 Å². The molecule has 4 rings (SSSR count). The van der Waals surface area contributed by atoms with Crippen molar-refractivity contribution in [1.29, 1.82) is 0 Å². The van der Waals surface area contributed by atoms with Gasteiger partial charge in [0.15, 0.2) is 0 Å². The lowest BCUT2D eigenvalue weighted by Gasteiger charge is -2.26. The summed E-state index contributed by atoms with van der Waals surface area (Å²) in [7, 11) is 0. The second-order valence-electron chi connectivity index (χ2n) is 8.70. The molecule has 4 aliphatic rings. The van der Waals surface area contributed by atoms with Gasteiger partial charge in [-0.3, -0.25) is 9.80 Å². The summed E-state index contributed by atoms with van der Waals surface area (Å²) in [4.78, 5) is 5.23. The van der Waals surface area contributed by atoms with E-state index in [0.29, 0.717) is 18.1 Å². The van der Waals surface area contributed by atoms with Gasteiger partial charge in [-0.05, 0) is 72.1 Å². The van der Waals surface area contributed by atoms with Gasteiger partial charge in [-0.2, -0.15) is 0 Å². The van der Waals surface area contributed by atoms with Gasteiger partial charge in [0.2, 0.25) is 0 Å². The van der Waals surface area contributed by atoms with Crippen LogP contribution in [0.2, 0.25) is 0 Å². The minimum absolute atomic E-state index is 0.0313. The fraction of sp³-hybridized carbons (Fsp3) is 1.00. The number of aliphatic hydroxyl groups is 1. The lowest BCUT2D eigenvalue weighted by molar-refractivity contribution is 0.109. The Bertz CT molecular complexity index is 348. The number of hydrogen-bond acceptors (Lipinski definition) is 3. The van der Waals surface area contributed by atoms with Crippen molar-refractivity contribution in [3.63, 3.8) is 0 Å². The molecule has 0 radical (unpaired) electrons. The second-order valence-corrected chi connectivity index (χ2v) is 8.70. The first kappa shape index (κ1) is 16.7. The van der Waals surface area contributed by atoms with Crippen molar-refractivity contribution in [2.75, 3.05) is 0 Å². The average molecular weight is 309 g/mol. The van der Waals surface area contributed by atoms with Crippen molar-refractivity contribution in [2.24, 2.45) is 5.92 Å². The van der Waals surface area contributed by atoms with E-state index in [1.807, 2.05) is 0 Å². The van der Waals surface area contributed by atoms with E-state index >= 15 is 0 Å². The Hall–Kier alpha value is -0.120. The molecule has 4 bridgehead atoms. The Morgan fingerprint density at radius 1 is 0.773 bits per heavy atom. The van der Waals surface area contributed by atoms with Crippen LogP contribution in [0.1, 0.15) is 73.1 Å². The SMILES string of the molecule is CC(C)N1C2CCC1C(O)C2.CC1CC2CCC1N2C(C)C. The summed E-state index contributed by atoms with van der Waals surface area (Å²) in [6.45, 7) is 11.5. The normalized spacial score (nSPS) is 44.2. The maximum atomic E-state index is 9.60. The first-order chi connectivity index (χ1) is 10.4. The van der Waals surface area contributed by atoms with Gasteiger partial charge in [0, 0.05) is 36.3 Å². The predicted octanol–water partition coefficient (Wildman–Crippen LogP) is 3.26. The van der Waals surface area contributed by atoms with E-state index in [1.165, 1.54) is 32.1 Å². The second kappa shape index (κ2) is 6.41. The minimum Gasteiger partial charge on any atom is -0.391 e. The standard InChI is InChI=1S/C10H19N.C9H17NO/c1-7(2)11-9-4-5-10(11)8(3)6-9;1-6(2)10-7-3-4-8(10)9(11)5-7/h7-10H,4-6H2,1-3H3;6-9,11H,3-5H2,1-2H3. The summed E-state index contributed by atoms with van der Waals surface area (Å²) >= 11 is 0. The van der Waals surface area contributed by atoms with Crippen LogP contribution >= 0.6 is 0 Å². The van der Waals surface area contributed by atoms with E-state index in [1.54, 1.807) is 0 Å². The molecule has 0 aromatic carbocycles. The lowest BCUT2D eigenvalue weighted by Crippen LogP contribution is -2.37. The molecule has 4 aliphatic heterocycles. The molecular formula is C19H36N2O. The van der Waals surface area contributed by atoms with Crippen LogP contribution < -0.4 is 0 Å². The van der Waals surface area contributed by atoms with Gasteiger partial charge in [-0.15, -0.1) is 0 Å². The van der Waals surface area contributed by atoms with Crippen LogP contribution in [0.5, 0.6) is 0 Å². The Labute approximate surface area is 137 Å². The van der Waals surface area contributed by atoms with E-state index in [2.05, 4.69) is 44.4 Å². The Morgan fingerprint density at radius 2 is 1.27 bits per heavy atom.